The molecule has 8 heteroatoms. The number of hydrogen-bond donors (Lipinski definition) is 2. The van der Waals surface area contributed by atoms with E-state index in [1.807, 2.05) is 45.0 Å². The van der Waals surface area contributed by atoms with E-state index >= 15 is 0 Å². The Hall–Kier alpha value is -1.77. The summed E-state index contributed by atoms with van der Waals surface area (Å²) in [5.41, 5.74) is 0.860. The first-order chi connectivity index (χ1) is 12.9. The Labute approximate surface area is 167 Å². The van der Waals surface area contributed by atoms with E-state index in [4.69, 9.17) is 9.26 Å². The standard InChI is InChI=1S/C19H26BrN3O4/c1-4-5-16(25)26-11-15(24)10-21-17(12(2)3)19-22-18(23-27-19)13-6-8-14(20)9-7-13/h6-9,12,15,17,21,24H,4-5,10-11H2,1-3H3. The number of carbonyl (C=O) groups excluding carboxylic acids is 1. The molecule has 148 valence electrons. The van der Waals surface area contributed by atoms with Crippen molar-refractivity contribution in [2.24, 2.45) is 5.92 Å². The maximum absolute atomic E-state index is 11.4. The van der Waals surface area contributed by atoms with Crippen molar-refractivity contribution < 1.29 is 19.2 Å². The predicted molar refractivity (Wildman–Crippen MR) is 105 cm³/mol. The summed E-state index contributed by atoms with van der Waals surface area (Å²) in [5, 5.41) is 17.3. The Kier molecular flexibility index (Phi) is 8.40. The van der Waals surface area contributed by atoms with Gasteiger partial charge in [-0.15, -0.1) is 0 Å². The molecule has 27 heavy (non-hydrogen) atoms. The molecule has 0 bridgehead atoms. The molecule has 2 unspecified atom stereocenters. The Morgan fingerprint density at radius 2 is 2.04 bits per heavy atom. The Morgan fingerprint density at radius 1 is 1.33 bits per heavy atom. The van der Waals surface area contributed by atoms with E-state index in [1.165, 1.54) is 0 Å². The van der Waals surface area contributed by atoms with E-state index < -0.39 is 6.10 Å². The van der Waals surface area contributed by atoms with Gasteiger partial charge in [0.05, 0.1) is 6.04 Å². The molecule has 2 aromatic rings. The van der Waals surface area contributed by atoms with Crippen molar-refractivity contribution in [2.75, 3.05) is 13.2 Å². The summed E-state index contributed by atoms with van der Waals surface area (Å²) >= 11 is 3.40. The molecule has 0 aliphatic rings. The lowest BCUT2D eigenvalue weighted by molar-refractivity contribution is -0.146. The van der Waals surface area contributed by atoms with Crippen LogP contribution in [0.5, 0.6) is 0 Å². The molecule has 0 amide bonds. The van der Waals surface area contributed by atoms with Crippen molar-refractivity contribution in [3.05, 3.63) is 34.6 Å². The minimum atomic E-state index is -0.805. The quantitative estimate of drug-likeness (QED) is 0.546. The highest BCUT2D eigenvalue weighted by atomic mass is 79.9. The number of benzene rings is 1. The first kappa shape index (κ1) is 21.5. The number of halogens is 1. The maximum Gasteiger partial charge on any atom is 0.305 e. The zero-order valence-corrected chi connectivity index (χ0v) is 17.4. The summed E-state index contributed by atoms with van der Waals surface area (Å²) in [5.74, 6) is 0.836. The van der Waals surface area contributed by atoms with Crippen LogP contribution in [0.2, 0.25) is 0 Å². The number of nitrogens with zero attached hydrogens (tertiary/aromatic N) is 2. The highest BCUT2D eigenvalue weighted by Crippen LogP contribution is 2.24. The fourth-order valence-corrected chi connectivity index (χ4v) is 2.74. The lowest BCUT2D eigenvalue weighted by Gasteiger charge is -2.20. The second kappa shape index (κ2) is 10.5. The van der Waals surface area contributed by atoms with E-state index in [-0.39, 0.29) is 31.1 Å². The minimum absolute atomic E-state index is 0.0371. The molecule has 1 aromatic carbocycles. The SMILES string of the molecule is CCCC(=O)OCC(O)CNC(c1nc(-c2ccc(Br)cc2)no1)C(C)C. The van der Waals surface area contributed by atoms with Crippen LogP contribution in [0.15, 0.2) is 33.3 Å². The van der Waals surface area contributed by atoms with Crippen molar-refractivity contribution in [1.82, 2.24) is 15.5 Å². The van der Waals surface area contributed by atoms with Gasteiger partial charge in [-0.05, 0) is 36.6 Å². The monoisotopic (exact) mass is 439 g/mol. The number of aliphatic hydroxyl groups is 1. The van der Waals surface area contributed by atoms with Crippen molar-refractivity contribution in [2.45, 2.75) is 45.8 Å². The Morgan fingerprint density at radius 3 is 2.67 bits per heavy atom. The fraction of sp³-hybridized carbons (Fsp3) is 0.526. The van der Waals surface area contributed by atoms with E-state index in [0.717, 1.165) is 16.5 Å². The van der Waals surface area contributed by atoms with Gasteiger partial charge in [0.1, 0.15) is 12.7 Å². The van der Waals surface area contributed by atoms with Gasteiger partial charge in [0, 0.05) is 23.0 Å². The summed E-state index contributed by atoms with van der Waals surface area (Å²) in [4.78, 5) is 15.9. The van der Waals surface area contributed by atoms with Gasteiger partial charge in [-0.1, -0.05) is 41.9 Å². The van der Waals surface area contributed by atoms with Crippen LogP contribution < -0.4 is 5.32 Å². The van der Waals surface area contributed by atoms with E-state index in [1.54, 1.807) is 0 Å². The number of rotatable bonds is 10. The number of ether oxygens (including phenoxy) is 1. The molecule has 0 radical (unpaired) electrons. The summed E-state index contributed by atoms with van der Waals surface area (Å²) in [6.07, 6.45) is 0.275. The van der Waals surface area contributed by atoms with Crippen LogP contribution in [-0.4, -0.2) is 40.5 Å². The lowest BCUT2D eigenvalue weighted by atomic mass is 10.0. The van der Waals surface area contributed by atoms with Gasteiger partial charge < -0.3 is 19.7 Å². The topological polar surface area (TPSA) is 97.5 Å². The van der Waals surface area contributed by atoms with Crippen LogP contribution >= 0.6 is 15.9 Å². The largest absolute Gasteiger partial charge is 0.463 e. The van der Waals surface area contributed by atoms with Crippen molar-refractivity contribution >= 4 is 21.9 Å². The number of hydrogen-bond acceptors (Lipinski definition) is 7. The van der Waals surface area contributed by atoms with Crippen LogP contribution in [-0.2, 0) is 9.53 Å². The zero-order valence-electron chi connectivity index (χ0n) is 15.8. The molecule has 0 aliphatic carbocycles. The van der Waals surface area contributed by atoms with Crippen molar-refractivity contribution in [3.63, 3.8) is 0 Å². The number of aliphatic hydroxyl groups excluding tert-OH is 1. The van der Waals surface area contributed by atoms with Gasteiger partial charge >= 0.3 is 5.97 Å². The van der Waals surface area contributed by atoms with Gasteiger partial charge in [-0.2, -0.15) is 4.98 Å². The first-order valence-corrected chi connectivity index (χ1v) is 9.86. The van der Waals surface area contributed by atoms with Crippen LogP contribution in [0.25, 0.3) is 11.4 Å². The molecule has 7 nitrogen and oxygen atoms in total. The molecule has 1 heterocycles. The first-order valence-electron chi connectivity index (χ1n) is 9.07. The van der Waals surface area contributed by atoms with Gasteiger partial charge in [0.2, 0.25) is 11.7 Å². The third kappa shape index (κ3) is 6.71. The molecular weight excluding hydrogens is 414 g/mol. The van der Waals surface area contributed by atoms with Crippen LogP contribution in [0.1, 0.15) is 45.5 Å². The van der Waals surface area contributed by atoms with Gasteiger partial charge in [-0.3, -0.25) is 4.79 Å². The second-order valence-electron chi connectivity index (χ2n) is 6.68. The molecule has 2 atom stereocenters. The molecule has 0 saturated heterocycles. The van der Waals surface area contributed by atoms with E-state index in [2.05, 4.69) is 31.4 Å². The zero-order chi connectivity index (χ0) is 19.8. The molecule has 0 aliphatic heterocycles. The molecule has 0 spiro atoms. The Bertz CT molecular complexity index is 718. The summed E-state index contributed by atoms with van der Waals surface area (Å²) < 4.78 is 11.4. The van der Waals surface area contributed by atoms with Crippen molar-refractivity contribution in [3.8, 4) is 11.4 Å². The highest BCUT2D eigenvalue weighted by Gasteiger charge is 2.23. The van der Waals surface area contributed by atoms with Crippen molar-refractivity contribution in [1.29, 1.82) is 0 Å². The maximum atomic E-state index is 11.4. The van der Waals surface area contributed by atoms with Crippen LogP contribution in [0, 0.1) is 5.92 Å². The highest BCUT2D eigenvalue weighted by molar-refractivity contribution is 9.10. The lowest BCUT2D eigenvalue weighted by Crippen LogP contribution is -2.35. The number of carbonyl (C=O) groups is 1. The fourth-order valence-electron chi connectivity index (χ4n) is 2.47. The number of nitrogens with one attached hydrogen (secondary N) is 1. The summed E-state index contributed by atoms with van der Waals surface area (Å²) in [6, 6.07) is 7.43. The summed E-state index contributed by atoms with van der Waals surface area (Å²) in [6.45, 7) is 6.16. The van der Waals surface area contributed by atoms with Gasteiger partial charge in [0.15, 0.2) is 0 Å². The molecule has 2 rings (SSSR count). The number of esters is 1. The molecule has 2 N–H and O–H groups in total. The molecule has 1 aromatic heterocycles. The molecule has 0 fully saturated rings. The predicted octanol–water partition coefficient (Wildman–Crippen LogP) is 3.49. The minimum Gasteiger partial charge on any atom is -0.463 e. The summed E-state index contributed by atoms with van der Waals surface area (Å²) in [7, 11) is 0. The molecule has 0 saturated carbocycles. The van der Waals surface area contributed by atoms with Gasteiger partial charge in [-0.25, -0.2) is 0 Å². The second-order valence-corrected chi connectivity index (χ2v) is 7.60. The average Bonchev–Trinajstić information content (AvgIpc) is 3.10. The van der Waals surface area contributed by atoms with Crippen LogP contribution in [0.3, 0.4) is 0 Å². The molecular formula is C19H26BrN3O4. The van der Waals surface area contributed by atoms with E-state index in [0.29, 0.717) is 18.1 Å². The van der Waals surface area contributed by atoms with Gasteiger partial charge in [0.25, 0.3) is 0 Å². The third-order valence-electron chi connectivity index (χ3n) is 3.94. The third-order valence-corrected chi connectivity index (χ3v) is 4.47. The Balaban J connectivity index is 1.95. The average molecular weight is 440 g/mol. The van der Waals surface area contributed by atoms with E-state index in [9.17, 15) is 9.90 Å². The van der Waals surface area contributed by atoms with Crippen LogP contribution in [0.4, 0.5) is 0 Å². The number of aromatic nitrogens is 2. The normalized spacial score (nSPS) is 13.6. The smallest absolute Gasteiger partial charge is 0.305 e.